The van der Waals surface area contributed by atoms with Gasteiger partial charge in [0.15, 0.2) is 11.7 Å². The fourth-order valence-electron chi connectivity index (χ4n) is 2.85. The lowest BCUT2D eigenvalue weighted by molar-refractivity contribution is -0.120. The van der Waals surface area contributed by atoms with E-state index in [1.165, 1.54) is 22.7 Å². The van der Waals surface area contributed by atoms with Gasteiger partial charge in [0, 0.05) is 22.4 Å². The van der Waals surface area contributed by atoms with Gasteiger partial charge in [0.2, 0.25) is 0 Å². The normalized spacial score (nSPS) is 14.0. The molecule has 28 heavy (non-hydrogen) atoms. The van der Waals surface area contributed by atoms with Gasteiger partial charge in [-0.15, -0.1) is 22.7 Å². The number of likely N-dealkylation sites (N-methyl/N-ethyl adjacent to an activating group) is 1. The van der Waals surface area contributed by atoms with E-state index >= 15 is 0 Å². The van der Waals surface area contributed by atoms with Crippen LogP contribution in [0.1, 0.15) is 9.75 Å². The number of nitrogens with zero attached hydrogens (tertiary/aromatic N) is 2. The van der Waals surface area contributed by atoms with Crippen LogP contribution in [0.15, 0.2) is 34.5 Å². The Balaban J connectivity index is 1.66. The number of rotatable bonds is 4. The van der Waals surface area contributed by atoms with Crippen LogP contribution in [0.4, 0.5) is 10.8 Å². The van der Waals surface area contributed by atoms with Crippen molar-refractivity contribution in [3.8, 4) is 17.0 Å². The summed E-state index contributed by atoms with van der Waals surface area (Å²) >= 11 is 2.48. The quantitative estimate of drug-likeness (QED) is 0.676. The Labute approximate surface area is 170 Å². The summed E-state index contributed by atoms with van der Waals surface area (Å²) in [5, 5.41) is 0.303. The number of hydrogen-bond acceptors (Lipinski definition) is 7. The highest BCUT2D eigenvalue weighted by Gasteiger charge is 2.24. The van der Waals surface area contributed by atoms with E-state index in [9.17, 15) is 13.2 Å². The first kappa shape index (κ1) is 18.9. The Morgan fingerprint density at radius 3 is 2.68 bits per heavy atom. The second kappa shape index (κ2) is 6.87. The number of sulfonamides is 1. The number of amides is 1. The van der Waals surface area contributed by atoms with Gasteiger partial charge >= 0.3 is 0 Å². The third-order valence-corrected chi connectivity index (χ3v) is 8.16. The van der Waals surface area contributed by atoms with Crippen LogP contribution >= 0.6 is 22.7 Å². The van der Waals surface area contributed by atoms with Crippen LogP contribution in [0.5, 0.6) is 5.75 Å². The SMILES string of the molecule is Cc1ccc(S(=O)(=O)Nc2nc(-c3ccc4c(c3)N(C)C(=O)CO4)c(C)s2)s1. The summed E-state index contributed by atoms with van der Waals surface area (Å²) in [6, 6.07) is 8.83. The molecular formula is C18H17N3O4S3. The second-order valence-electron chi connectivity index (χ2n) is 6.32. The van der Waals surface area contributed by atoms with Gasteiger partial charge in [-0.25, -0.2) is 13.4 Å². The minimum absolute atomic E-state index is 0.0205. The fourth-order valence-corrected chi connectivity index (χ4v) is 6.20. The molecule has 146 valence electrons. The van der Waals surface area contributed by atoms with Crippen LogP contribution < -0.4 is 14.4 Å². The van der Waals surface area contributed by atoms with E-state index < -0.39 is 10.0 Å². The van der Waals surface area contributed by atoms with E-state index in [0.717, 1.165) is 15.3 Å². The fraction of sp³-hybridized carbons (Fsp3) is 0.222. The molecule has 1 aliphatic heterocycles. The molecule has 0 aliphatic carbocycles. The van der Waals surface area contributed by atoms with Crippen molar-refractivity contribution < 1.29 is 17.9 Å². The Morgan fingerprint density at radius 2 is 1.96 bits per heavy atom. The van der Waals surface area contributed by atoms with E-state index in [-0.39, 0.29) is 16.7 Å². The lowest BCUT2D eigenvalue weighted by Gasteiger charge is -2.26. The Hall–Kier alpha value is -2.43. The van der Waals surface area contributed by atoms with Crippen LogP contribution in [0, 0.1) is 13.8 Å². The molecule has 1 N–H and O–H groups in total. The average molecular weight is 436 g/mol. The van der Waals surface area contributed by atoms with E-state index in [1.807, 2.05) is 26.0 Å². The second-order valence-corrected chi connectivity index (χ2v) is 10.7. The Bertz CT molecular complexity index is 1180. The van der Waals surface area contributed by atoms with Crippen molar-refractivity contribution in [3.05, 3.63) is 40.1 Å². The highest BCUT2D eigenvalue weighted by atomic mass is 32.2. The molecule has 0 saturated carbocycles. The molecule has 0 radical (unpaired) electrons. The molecule has 0 atom stereocenters. The van der Waals surface area contributed by atoms with E-state index in [4.69, 9.17) is 4.74 Å². The number of aromatic nitrogens is 1. The molecule has 1 aliphatic rings. The lowest BCUT2D eigenvalue weighted by atomic mass is 10.1. The number of carbonyl (C=O) groups is 1. The maximum Gasteiger partial charge on any atom is 0.273 e. The summed E-state index contributed by atoms with van der Waals surface area (Å²) < 4.78 is 33.4. The molecule has 0 bridgehead atoms. The van der Waals surface area contributed by atoms with Crippen molar-refractivity contribution in [2.75, 3.05) is 23.3 Å². The van der Waals surface area contributed by atoms with Crippen molar-refractivity contribution in [3.63, 3.8) is 0 Å². The number of thiazole rings is 1. The van der Waals surface area contributed by atoms with E-state index in [2.05, 4.69) is 9.71 Å². The first-order chi connectivity index (χ1) is 13.2. The number of ether oxygens (including phenoxy) is 1. The summed E-state index contributed by atoms with van der Waals surface area (Å²) in [7, 11) is -1.97. The lowest BCUT2D eigenvalue weighted by Crippen LogP contribution is -2.35. The molecule has 2 aromatic heterocycles. The van der Waals surface area contributed by atoms with Gasteiger partial charge in [0.25, 0.3) is 15.9 Å². The predicted octanol–water partition coefficient (Wildman–Crippen LogP) is 3.64. The minimum atomic E-state index is -3.66. The summed E-state index contributed by atoms with van der Waals surface area (Å²) in [5.74, 6) is 0.507. The molecule has 0 unspecified atom stereocenters. The minimum Gasteiger partial charge on any atom is -0.482 e. The molecule has 0 saturated heterocycles. The number of hydrogen-bond donors (Lipinski definition) is 1. The van der Waals surface area contributed by atoms with Gasteiger partial charge in [-0.2, -0.15) is 0 Å². The summed E-state index contributed by atoms with van der Waals surface area (Å²) in [6.07, 6.45) is 0. The topological polar surface area (TPSA) is 88.6 Å². The molecule has 1 amide bonds. The number of aryl methyl sites for hydroxylation is 2. The van der Waals surface area contributed by atoms with Crippen molar-refractivity contribution in [1.82, 2.24) is 4.98 Å². The van der Waals surface area contributed by atoms with Gasteiger partial charge in [-0.3, -0.25) is 9.52 Å². The number of fused-ring (bicyclic) bond motifs is 1. The molecule has 0 spiro atoms. The van der Waals surface area contributed by atoms with Crippen LogP contribution in [-0.2, 0) is 14.8 Å². The Kier molecular flexibility index (Phi) is 4.64. The van der Waals surface area contributed by atoms with Crippen molar-refractivity contribution in [1.29, 1.82) is 0 Å². The molecular weight excluding hydrogens is 418 g/mol. The standard InChI is InChI=1S/C18H17N3O4S3/c1-10-4-7-16(26-10)28(23,24)20-18-19-17(11(2)27-18)12-5-6-14-13(8-12)21(3)15(22)9-25-14/h4-8H,9H2,1-3H3,(H,19,20). The van der Waals surface area contributed by atoms with Gasteiger partial charge in [0.05, 0.1) is 11.4 Å². The van der Waals surface area contributed by atoms with Crippen molar-refractivity contribution in [2.24, 2.45) is 0 Å². The van der Waals surface area contributed by atoms with E-state index in [1.54, 1.807) is 30.1 Å². The largest absolute Gasteiger partial charge is 0.482 e. The van der Waals surface area contributed by atoms with Gasteiger partial charge in [-0.1, -0.05) is 0 Å². The molecule has 3 heterocycles. The maximum absolute atomic E-state index is 12.5. The van der Waals surface area contributed by atoms with Crippen molar-refractivity contribution in [2.45, 2.75) is 18.1 Å². The van der Waals surface area contributed by atoms with Crippen molar-refractivity contribution >= 4 is 49.4 Å². The van der Waals surface area contributed by atoms with Gasteiger partial charge in [0.1, 0.15) is 9.96 Å². The van der Waals surface area contributed by atoms with Gasteiger partial charge < -0.3 is 9.64 Å². The number of carbonyl (C=O) groups excluding carboxylic acids is 1. The highest BCUT2D eigenvalue weighted by Crippen LogP contribution is 2.38. The molecule has 7 nitrogen and oxygen atoms in total. The monoisotopic (exact) mass is 435 g/mol. The zero-order valence-electron chi connectivity index (χ0n) is 15.3. The van der Waals surface area contributed by atoms with Crippen LogP contribution in [0.2, 0.25) is 0 Å². The van der Waals surface area contributed by atoms with Crippen LogP contribution in [0.3, 0.4) is 0 Å². The molecule has 0 fully saturated rings. The average Bonchev–Trinajstić information content (AvgIpc) is 3.24. The zero-order chi connectivity index (χ0) is 20.1. The molecule has 4 rings (SSSR count). The third kappa shape index (κ3) is 3.38. The first-order valence-corrected chi connectivity index (χ1v) is 11.5. The van der Waals surface area contributed by atoms with Gasteiger partial charge in [-0.05, 0) is 44.2 Å². The molecule has 1 aromatic carbocycles. The smallest absolute Gasteiger partial charge is 0.273 e. The van der Waals surface area contributed by atoms with Crippen LogP contribution in [-0.4, -0.2) is 33.0 Å². The number of benzene rings is 1. The summed E-state index contributed by atoms with van der Waals surface area (Å²) in [6.45, 7) is 3.76. The third-order valence-electron chi connectivity index (χ3n) is 4.32. The maximum atomic E-state index is 12.5. The highest BCUT2D eigenvalue weighted by molar-refractivity contribution is 7.94. The molecule has 10 heteroatoms. The number of nitrogens with one attached hydrogen (secondary N) is 1. The first-order valence-electron chi connectivity index (χ1n) is 8.35. The zero-order valence-corrected chi connectivity index (χ0v) is 17.8. The van der Waals surface area contributed by atoms with E-state index in [0.29, 0.717) is 22.3 Å². The number of anilines is 2. The summed E-state index contributed by atoms with van der Waals surface area (Å²) in [4.78, 5) is 19.7. The molecule has 3 aromatic rings. The van der Waals surface area contributed by atoms with Crippen LogP contribution in [0.25, 0.3) is 11.3 Å². The Morgan fingerprint density at radius 1 is 1.18 bits per heavy atom. The summed E-state index contributed by atoms with van der Waals surface area (Å²) in [5.41, 5.74) is 2.12. The predicted molar refractivity (Wildman–Crippen MR) is 111 cm³/mol. The number of thiophene rings is 1.